The average molecular weight is 256 g/mol. The van der Waals surface area contributed by atoms with Gasteiger partial charge in [0.2, 0.25) is 5.91 Å². The highest BCUT2D eigenvalue weighted by molar-refractivity contribution is 5.91. The van der Waals surface area contributed by atoms with Crippen LogP contribution in [0.3, 0.4) is 0 Å². The van der Waals surface area contributed by atoms with Gasteiger partial charge in [0, 0.05) is 18.5 Å². The number of carboxylic acid groups (broad SMARTS) is 1. The van der Waals surface area contributed by atoms with Gasteiger partial charge in [-0.05, 0) is 13.0 Å². The molecule has 0 saturated carbocycles. The lowest BCUT2D eigenvalue weighted by molar-refractivity contribution is -0.870. The maximum atomic E-state index is 11.1. The van der Waals surface area contributed by atoms with Crippen molar-refractivity contribution in [3.8, 4) is 0 Å². The molecular formula is C13H24N2O3. The van der Waals surface area contributed by atoms with Gasteiger partial charge in [-0.1, -0.05) is 13.2 Å². The van der Waals surface area contributed by atoms with Crippen molar-refractivity contribution >= 4 is 11.9 Å². The van der Waals surface area contributed by atoms with Crippen molar-refractivity contribution < 1.29 is 19.2 Å². The van der Waals surface area contributed by atoms with Crippen molar-refractivity contribution in [3.63, 3.8) is 0 Å². The van der Waals surface area contributed by atoms with Crippen LogP contribution in [-0.2, 0) is 9.59 Å². The zero-order chi connectivity index (χ0) is 14.8. The molecule has 5 heteroatoms. The number of aliphatic carboxylic acids is 1. The molecule has 0 rings (SSSR count). The molecule has 0 saturated heterocycles. The number of carboxylic acids is 1. The fraction of sp³-hybridized carbons (Fsp3) is 0.538. The van der Waals surface area contributed by atoms with E-state index in [1.807, 2.05) is 0 Å². The summed E-state index contributed by atoms with van der Waals surface area (Å²) in [4.78, 5) is 20.2. The van der Waals surface area contributed by atoms with Gasteiger partial charge in [-0.3, -0.25) is 4.79 Å². The largest absolute Gasteiger partial charge is 0.545 e. The first-order valence-electron chi connectivity index (χ1n) is 5.67. The first-order chi connectivity index (χ1) is 8.10. The molecule has 1 amide bonds. The number of carbonyl (C=O) groups excluding carboxylic acids is 2. The summed E-state index contributed by atoms with van der Waals surface area (Å²) >= 11 is 0. The summed E-state index contributed by atoms with van der Waals surface area (Å²) in [6, 6.07) is 0. The zero-order valence-corrected chi connectivity index (χ0v) is 11.8. The van der Waals surface area contributed by atoms with Crippen LogP contribution in [0.1, 0.15) is 13.3 Å². The Kier molecular flexibility index (Phi) is 9.80. The molecule has 104 valence electrons. The third-order valence-corrected chi connectivity index (χ3v) is 1.85. The number of nitrogens with one attached hydrogen (secondary N) is 1. The predicted molar refractivity (Wildman–Crippen MR) is 70.5 cm³/mol. The molecule has 18 heavy (non-hydrogen) atoms. The fourth-order valence-electron chi connectivity index (χ4n) is 0.906. The molecule has 0 atom stereocenters. The Morgan fingerprint density at radius 2 is 1.78 bits per heavy atom. The van der Waals surface area contributed by atoms with Crippen molar-refractivity contribution in [2.75, 3.05) is 34.2 Å². The lowest BCUT2D eigenvalue weighted by atomic mass is 10.3. The summed E-state index contributed by atoms with van der Waals surface area (Å²) in [6.07, 6.45) is 1.72. The van der Waals surface area contributed by atoms with Crippen molar-refractivity contribution in [3.05, 3.63) is 24.8 Å². The minimum absolute atomic E-state index is 0.0404. The van der Waals surface area contributed by atoms with E-state index in [-0.39, 0.29) is 5.91 Å². The maximum Gasteiger partial charge on any atom is 0.246 e. The van der Waals surface area contributed by atoms with Crippen molar-refractivity contribution in [2.45, 2.75) is 13.3 Å². The number of rotatable bonds is 6. The summed E-state index contributed by atoms with van der Waals surface area (Å²) in [5.74, 6) is -1.27. The third kappa shape index (κ3) is 16.8. The Bertz CT molecular complexity index is 304. The van der Waals surface area contributed by atoms with Crippen LogP contribution in [0.5, 0.6) is 0 Å². The molecule has 5 nitrogen and oxygen atoms in total. The number of nitrogens with zero attached hydrogens (tertiary/aromatic N) is 1. The molecule has 0 bridgehead atoms. The van der Waals surface area contributed by atoms with E-state index in [2.05, 4.69) is 39.6 Å². The van der Waals surface area contributed by atoms with Gasteiger partial charge < -0.3 is 19.7 Å². The van der Waals surface area contributed by atoms with E-state index >= 15 is 0 Å². The van der Waals surface area contributed by atoms with E-state index < -0.39 is 5.97 Å². The minimum Gasteiger partial charge on any atom is -0.545 e. The van der Waals surface area contributed by atoms with Crippen LogP contribution < -0.4 is 10.4 Å². The minimum atomic E-state index is -1.23. The van der Waals surface area contributed by atoms with E-state index in [4.69, 9.17) is 9.90 Å². The Balaban J connectivity index is 0. The highest BCUT2D eigenvalue weighted by Crippen LogP contribution is 1.92. The molecule has 0 aliphatic heterocycles. The van der Waals surface area contributed by atoms with Gasteiger partial charge in [0.15, 0.2) is 0 Å². The number of carbonyl (C=O) groups is 2. The molecule has 0 spiro atoms. The number of hydrogen-bond acceptors (Lipinski definition) is 3. The highest BCUT2D eigenvalue weighted by Gasteiger charge is 2.06. The second-order valence-electron chi connectivity index (χ2n) is 4.93. The van der Waals surface area contributed by atoms with Gasteiger partial charge in [0.05, 0.1) is 33.7 Å². The molecule has 0 heterocycles. The Morgan fingerprint density at radius 1 is 1.33 bits per heavy atom. The number of hydrogen-bond donors (Lipinski definition) is 1. The van der Waals surface area contributed by atoms with Crippen LogP contribution in [0.2, 0.25) is 0 Å². The Morgan fingerprint density at radius 3 is 2.06 bits per heavy atom. The summed E-state index contributed by atoms with van der Waals surface area (Å²) in [6.45, 7) is 9.99. The second kappa shape index (κ2) is 9.41. The monoisotopic (exact) mass is 256 g/mol. The number of quaternary nitrogens is 1. The molecule has 0 aliphatic carbocycles. The van der Waals surface area contributed by atoms with Crippen molar-refractivity contribution in [2.24, 2.45) is 0 Å². The Hall–Kier alpha value is -1.62. The van der Waals surface area contributed by atoms with E-state index in [0.717, 1.165) is 30.1 Å². The molecule has 0 aromatic heterocycles. The van der Waals surface area contributed by atoms with Crippen molar-refractivity contribution in [1.29, 1.82) is 0 Å². The lowest BCUT2D eigenvalue weighted by Gasteiger charge is -2.23. The molecule has 0 aliphatic rings. The van der Waals surface area contributed by atoms with E-state index in [1.54, 1.807) is 6.92 Å². The number of amides is 1. The van der Waals surface area contributed by atoms with Crippen LogP contribution in [0.4, 0.5) is 0 Å². The predicted octanol–water partition coefficient (Wildman–Crippen LogP) is -0.303. The summed E-state index contributed by atoms with van der Waals surface area (Å²) in [7, 11) is 6.42. The van der Waals surface area contributed by atoms with E-state index in [9.17, 15) is 4.79 Å². The topological polar surface area (TPSA) is 69.2 Å². The van der Waals surface area contributed by atoms with Gasteiger partial charge in [-0.25, -0.2) is 0 Å². The fourth-order valence-corrected chi connectivity index (χ4v) is 0.906. The molecule has 0 radical (unpaired) electrons. The molecule has 0 aromatic carbocycles. The maximum absolute atomic E-state index is 11.1. The molecule has 0 unspecified atom stereocenters. The lowest BCUT2D eigenvalue weighted by Crippen LogP contribution is -2.37. The molecule has 1 N–H and O–H groups in total. The first kappa shape index (κ1) is 18.7. The Labute approximate surface area is 109 Å². The molecule has 0 fully saturated rings. The quantitative estimate of drug-likeness (QED) is 0.403. The third-order valence-electron chi connectivity index (χ3n) is 1.85. The van der Waals surface area contributed by atoms with Crippen LogP contribution >= 0.6 is 0 Å². The highest BCUT2D eigenvalue weighted by atomic mass is 16.4. The van der Waals surface area contributed by atoms with E-state index in [0.29, 0.717) is 5.57 Å². The standard InChI is InChI=1S/C10H20N2O.C3H4O2/c1-9(2)10(13)11-7-6-8-12(3,4)5;1-2-3(4)5/h1,6-8H2,2-5H3;2H,1H2,(H,4,5). The van der Waals surface area contributed by atoms with Gasteiger partial charge in [0.1, 0.15) is 0 Å². The van der Waals surface area contributed by atoms with Gasteiger partial charge in [0.25, 0.3) is 0 Å². The van der Waals surface area contributed by atoms with Crippen LogP contribution in [0.25, 0.3) is 0 Å². The molecular weight excluding hydrogens is 232 g/mol. The smallest absolute Gasteiger partial charge is 0.246 e. The summed E-state index contributed by atoms with van der Waals surface area (Å²) in [5.41, 5.74) is 0.574. The normalized spacial score (nSPS) is 9.78. The average Bonchev–Trinajstić information content (AvgIpc) is 2.23. The van der Waals surface area contributed by atoms with Crippen LogP contribution in [0, 0.1) is 0 Å². The van der Waals surface area contributed by atoms with Gasteiger partial charge >= 0.3 is 0 Å². The zero-order valence-electron chi connectivity index (χ0n) is 11.8. The van der Waals surface area contributed by atoms with Gasteiger partial charge in [-0.15, -0.1) is 0 Å². The summed E-state index contributed by atoms with van der Waals surface area (Å²) in [5, 5.41) is 11.9. The first-order valence-corrected chi connectivity index (χ1v) is 5.67. The van der Waals surface area contributed by atoms with E-state index in [1.165, 1.54) is 0 Å². The summed E-state index contributed by atoms with van der Waals surface area (Å²) < 4.78 is 0.933. The second-order valence-corrected chi connectivity index (χ2v) is 4.93. The van der Waals surface area contributed by atoms with Crippen molar-refractivity contribution in [1.82, 2.24) is 5.32 Å². The van der Waals surface area contributed by atoms with Crippen LogP contribution in [-0.4, -0.2) is 50.6 Å². The SMILES string of the molecule is C=C(C)C(=O)NCCC[N+](C)(C)C.C=CC(=O)[O-]. The van der Waals surface area contributed by atoms with Gasteiger partial charge in [-0.2, -0.15) is 0 Å². The van der Waals surface area contributed by atoms with Crippen LogP contribution in [0.15, 0.2) is 24.8 Å². The molecule has 0 aromatic rings.